The maximum absolute atomic E-state index is 12.9. The van der Waals surface area contributed by atoms with E-state index in [2.05, 4.69) is 17.2 Å². The molecule has 0 radical (unpaired) electrons. The molecule has 2 aromatic rings. The fourth-order valence-corrected chi connectivity index (χ4v) is 4.72. The normalized spacial score (nSPS) is 16.6. The minimum Gasteiger partial charge on any atom is -0.444 e. The Labute approximate surface area is 222 Å². The van der Waals surface area contributed by atoms with Crippen LogP contribution in [0.15, 0.2) is 42.6 Å². The summed E-state index contributed by atoms with van der Waals surface area (Å²) in [6, 6.07) is 7.03. The number of ether oxygens (including phenoxy) is 1. The number of hydrogen-bond acceptors (Lipinski definition) is 5. The van der Waals surface area contributed by atoms with E-state index >= 15 is 0 Å². The molecule has 37 heavy (non-hydrogen) atoms. The summed E-state index contributed by atoms with van der Waals surface area (Å²) in [6.45, 7) is 9.06. The van der Waals surface area contributed by atoms with Crippen LogP contribution in [0, 0.1) is 0 Å². The van der Waals surface area contributed by atoms with Gasteiger partial charge in [-0.25, -0.2) is 9.78 Å². The Balaban J connectivity index is 1.37. The van der Waals surface area contributed by atoms with E-state index in [4.69, 9.17) is 16.3 Å². The molecule has 0 atom stereocenters. The number of para-hydroxylation sites is 1. The van der Waals surface area contributed by atoms with Gasteiger partial charge in [0.05, 0.1) is 23.5 Å². The summed E-state index contributed by atoms with van der Waals surface area (Å²) in [4.78, 5) is 46.3. The van der Waals surface area contributed by atoms with Gasteiger partial charge in [-0.3, -0.25) is 14.5 Å². The number of rotatable bonds is 6. The first-order chi connectivity index (χ1) is 17.5. The van der Waals surface area contributed by atoms with Gasteiger partial charge in [0.1, 0.15) is 17.1 Å². The van der Waals surface area contributed by atoms with Crippen LogP contribution in [-0.4, -0.2) is 61.5 Å². The lowest BCUT2D eigenvalue weighted by Crippen LogP contribution is -2.55. The van der Waals surface area contributed by atoms with Crippen LogP contribution in [0.3, 0.4) is 0 Å². The number of nitrogens with one attached hydrogen (secondary N) is 1. The highest BCUT2D eigenvalue weighted by atomic mass is 35.5. The fourth-order valence-electron chi connectivity index (χ4n) is 4.53. The largest absolute Gasteiger partial charge is 0.444 e. The second kappa shape index (κ2) is 10.6. The number of hydrogen-bond donors (Lipinski definition) is 1. The zero-order chi connectivity index (χ0) is 26.8. The molecular formula is C27H34ClN5O4. The van der Waals surface area contributed by atoms with Gasteiger partial charge in [0.25, 0.3) is 5.91 Å². The van der Waals surface area contributed by atoms with Gasteiger partial charge < -0.3 is 19.5 Å². The summed E-state index contributed by atoms with van der Waals surface area (Å²) in [5.41, 5.74) is 0.0957. The predicted octanol–water partition coefficient (Wildman–Crippen LogP) is 4.87. The standard InChI is InChI=1S/C27H34ClN5O4/c1-26(2,3)37-25(36)33(27(4)12-8-13-27)14-7-11-23(34)31-15-16-32-21(17-29-22(32)18-31)24(35)30-20-10-6-5-9-19(20)28/h5-7,9-11,17H,8,12-16,18H2,1-4H3,(H,30,35)/b11-7+. The van der Waals surface area contributed by atoms with Gasteiger partial charge in [-0.15, -0.1) is 0 Å². The topological polar surface area (TPSA) is 96.8 Å². The molecule has 0 unspecified atom stereocenters. The maximum Gasteiger partial charge on any atom is 0.411 e. The number of carbonyl (C=O) groups excluding carboxylic acids is 3. The molecule has 0 spiro atoms. The summed E-state index contributed by atoms with van der Waals surface area (Å²) in [7, 11) is 0. The van der Waals surface area contributed by atoms with Crippen LogP contribution in [0.4, 0.5) is 10.5 Å². The molecule has 1 fully saturated rings. The molecule has 1 aliphatic heterocycles. The molecule has 1 saturated carbocycles. The van der Waals surface area contributed by atoms with E-state index < -0.39 is 5.60 Å². The molecule has 1 aliphatic carbocycles. The number of carbonyl (C=O) groups is 3. The van der Waals surface area contributed by atoms with Crippen molar-refractivity contribution in [3.05, 3.63) is 59.2 Å². The second-order valence-corrected chi connectivity index (χ2v) is 11.2. The highest BCUT2D eigenvalue weighted by molar-refractivity contribution is 6.33. The molecule has 3 amide bonds. The van der Waals surface area contributed by atoms with E-state index in [1.165, 1.54) is 12.3 Å². The van der Waals surface area contributed by atoms with Crippen molar-refractivity contribution in [2.45, 2.75) is 71.2 Å². The van der Waals surface area contributed by atoms with Gasteiger partial charge in [-0.05, 0) is 59.1 Å². The van der Waals surface area contributed by atoms with E-state index in [9.17, 15) is 14.4 Å². The predicted molar refractivity (Wildman–Crippen MR) is 141 cm³/mol. The van der Waals surface area contributed by atoms with Crippen molar-refractivity contribution in [2.24, 2.45) is 0 Å². The molecule has 2 heterocycles. The highest BCUT2D eigenvalue weighted by Crippen LogP contribution is 2.38. The first-order valence-electron chi connectivity index (χ1n) is 12.5. The van der Waals surface area contributed by atoms with Crippen LogP contribution < -0.4 is 5.32 Å². The van der Waals surface area contributed by atoms with Crippen LogP contribution in [0.25, 0.3) is 0 Å². The van der Waals surface area contributed by atoms with Crippen molar-refractivity contribution in [2.75, 3.05) is 18.4 Å². The second-order valence-electron chi connectivity index (χ2n) is 10.7. The third-order valence-electron chi connectivity index (χ3n) is 6.78. The van der Waals surface area contributed by atoms with E-state index in [-0.39, 0.29) is 30.0 Å². The Morgan fingerprint density at radius 1 is 1.22 bits per heavy atom. The first-order valence-corrected chi connectivity index (χ1v) is 12.9. The van der Waals surface area contributed by atoms with Gasteiger partial charge in [0.15, 0.2) is 0 Å². The lowest BCUT2D eigenvalue weighted by atomic mass is 9.77. The fraction of sp³-hybridized carbons (Fsp3) is 0.481. The Kier molecular flexibility index (Phi) is 7.64. The number of anilines is 1. The van der Waals surface area contributed by atoms with Crippen LogP contribution in [0.1, 0.15) is 63.3 Å². The lowest BCUT2D eigenvalue weighted by Gasteiger charge is -2.47. The number of benzene rings is 1. The van der Waals surface area contributed by atoms with Crippen molar-refractivity contribution in [1.29, 1.82) is 0 Å². The number of aromatic nitrogens is 2. The van der Waals surface area contributed by atoms with E-state index in [0.29, 0.717) is 41.9 Å². The third-order valence-corrected chi connectivity index (χ3v) is 7.10. The first kappa shape index (κ1) is 26.7. The minimum atomic E-state index is -0.589. The van der Waals surface area contributed by atoms with E-state index in [0.717, 1.165) is 19.3 Å². The molecule has 10 heteroatoms. The minimum absolute atomic E-state index is 0.167. The number of nitrogens with zero attached hydrogens (tertiary/aromatic N) is 4. The van der Waals surface area contributed by atoms with Gasteiger partial charge in [0, 0.05) is 31.2 Å². The van der Waals surface area contributed by atoms with Gasteiger partial charge in [-0.2, -0.15) is 0 Å². The van der Waals surface area contributed by atoms with Gasteiger partial charge in [0.2, 0.25) is 5.91 Å². The van der Waals surface area contributed by atoms with Crippen LogP contribution in [0.5, 0.6) is 0 Å². The summed E-state index contributed by atoms with van der Waals surface area (Å²) >= 11 is 6.15. The summed E-state index contributed by atoms with van der Waals surface area (Å²) in [6.07, 6.45) is 7.27. The molecule has 0 bridgehead atoms. The molecule has 198 valence electrons. The molecule has 2 aliphatic rings. The molecule has 1 aromatic heterocycles. The maximum atomic E-state index is 12.9. The van der Waals surface area contributed by atoms with Crippen molar-refractivity contribution in [3.63, 3.8) is 0 Å². The lowest BCUT2D eigenvalue weighted by molar-refractivity contribution is -0.127. The average Bonchev–Trinajstić information content (AvgIpc) is 3.24. The number of amides is 3. The highest BCUT2D eigenvalue weighted by Gasteiger charge is 2.41. The van der Waals surface area contributed by atoms with E-state index in [1.807, 2.05) is 25.3 Å². The van der Waals surface area contributed by atoms with Gasteiger partial charge in [-0.1, -0.05) is 29.8 Å². The average molecular weight is 528 g/mol. The van der Waals surface area contributed by atoms with E-state index in [1.54, 1.807) is 40.1 Å². The van der Waals surface area contributed by atoms with Gasteiger partial charge >= 0.3 is 6.09 Å². The van der Waals surface area contributed by atoms with Crippen molar-refractivity contribution in [3.8, 4) is 0 Å². The molecule has 0 saturated heterocycles. The monoisotopic (exact) mass is 527 g/mol. The quantitative estimate of drug-likeness (QED) is 0.541. The Morgan fingerprint density at radius 3 is 2.59 bits per heavy atom. The molecule has 1 aromatic carbocycles. The number of imidazole rings is 1. The Bertz CT molecular complexity index is 1210. The Morgan fingerprint density at radius 2 is 1.95 bits per heavy atom. The Hall–Kier alpha value is -3.33. The summed E-state index contributed by atoms with van der Waals surface area (Å²) < 4.78 is 7.43. The van der Waals surface area contributed by atoms with Crippen LogP contribution in [0.2, 0.25) is 5.02 Å². The summed E-state index contributed by atoms with van der Waals surface area (Å²) in [5, 5.41) is 3.27. The van der Waals surface area contributed by atoms with Crippen LogP contribution >= 0.6 is 11.6 Å². The SMILES string of the molecule is CC(C)(C)OC(=O)N(C/C=C/C(=O)N1CCn2c(C(=O)Nc3ccccc3Cl)cnc2C1)C1(C)CCC1. The summed E-state index contributed by atoms with van der Waals surface area (Å²) in [5.74, 6) is 0.159. The molecule has 9 nitrogen and oxygen atoms in total. The van der Waals surface area contributed by atoms with Crippen molar-refractivity contribution < 1.29 is 19.1 Å². The molecular weight excluding hydrogens is 494 g/mol. The number of halogens is 1. The zero-order valence-corrected chi connectivity index (χ0v) is 22.5. The smallest absolute Gasteiger partial charge is 0.411 e. The van der Waals surface area contributed by atoms with Crippen molar-refractivity contribution in [1.82, 2.24) is 19.4 Å². The van der Waals surface area contributed by atoms with Crippen LogP contribution in [-0.2, 0) is 22.6 Å². The molecule has 4 rings (SSSR count). The van der Waals surface area contributed by atoms with Crippen molar-refractivity contribution >= 4 is 35.2 Å². The number of fused-ring (bicyclic) bond motifs is 1. The zero-order valence-electron chi connectivity index (χ0n) is 21.8. The molecule has 1 N–H and O–H groups in total. The third kappa shape index (κ3) is 6.15.